The van der Waals surface area contributed by atoms with Crippen LogP contribution in [-0.4, -0.2) is 13.6 Å². The van der Waals surface area contributed by atoms with Crippen LogP contribution in [0.4, 0.5) is 5.69 Å². The highest BCUT2D eigenvalue weighted by atomic mass is 79.9. The van der Waals surface area contributed by atoms with E-state index in [-0.39, 0.29) is 0 Å². The third-order valence-corrected chi connectivity index (χ3v) is 4.30. The van der Waals surface area contributed by atoms with Crippen LogP contribution in [0.5, 0.6) is 0 Å². The molecule has 0 amide bonds. The Morgan fingerprint density at radius 1 is 1.10 bits per heavy atom. The van der Waals surface area contributed by atoms with Crippen LogP contribution in [-0.2, 0) is 13.0 Å². The molecule has 0 radical (unpaired) electrons. The van der Waals surface area contributed by atoms with Crippen LogP contribution in [0.1, 0.15) is 16.7 Å². The molecular formula is C17H21BrN2. The lowest BCUT2D eigenvalue weighted by molar-refractivity contribution is 0.909. The zero-order chi connectivity index (χ0) is 14.5. The molecule has 2 rings (SSSR count). The van der Waals surface area contributed by atoms with Crippen molar-refractivity contribution in [3.05, 3.63) is 63.6 Å². The zero-order valence-electron chi connectivity index (χ0n) is 12.1. The van der Waals surface area contributed by atoms with Crippen molar-refractivity contribution in [3.8, 4) is 0 Å². The fourth-order valence-corrected chi connectivity index (χ4v) is 2.83. The van der Waals surface area contributed by atoms with Crippen molar-refractivity contribution < 1.29 is 0 Å². The standard InChI is InChI=1S/C17H21BrN2/c1-13-5-3-4-6-15(13)12-20(2)16-8-7-14(9-10-19)17(18)11-16/h3-8,11H,9-10,12,19H2,1-2H3. The monoisotopic (exact) mass is 332 g/mol. The first-order chi connectivity index (χ1) is 9.61. The van der Waals surface area contributed by atoms with Gasteiger partial charge in [0.25, 0.3) is 0 Å². The first-order valence-corrected chi connectivity index (χ1v) is 7.65. The van der Waals surface area contributed by atoms with Gasteiger partial charge < -0.3 is 10.6 Å². The Morgan fingerprint density at radius 3 is 2.50 bits per heavy atom. The molecule has 0 aliphatic rings. The van der Waals surface area contributed by atoms with Crippen LogP contribution in [0.15, 0.2) is 46.9 Å². The summed E-state index contributed by atoms with van der Waals surface area (Å²) in [5.74, 6) is 0. The Bertz CT molecular complexity index is 581. The van der Waals surface area contributed by atoms with Gasteiger partial charge in [0.2, 0.25) is 0 Å². The van der Waals surface area contributed by atoms with E-state index in [1.54, 1.807) is 0 Å². The average Bonchev–Trinajstić information content (AvgIpc) is 2.43. The number of benzene rings is 2. The van der Waals surface area contributed by atoms with E-state index in [1.165, 1.54) is 22.4 Å². The molecule has 0 unspecified atom stereocenters. The van der Waals surface area contributed by atoms with Crippen molar-refractivity contribution in [1.29, 1.82) is 0 Å². The fraction of sp³-hybridized carbons (Fsp3) is 0.294. The van der Waals surface area contributed by atoms with E-state index in [0.29, 0.717) is 6.54 Å². The number of halogens is 1. The van der Waals surface area contributed by atoms with Gasteiger partial charge in [-0.3, -0.25) is 0 Å². The first-order valence-electron chi connectivity index (χ1n) is 6.86. The van der Waals surface area contributed by atoms with Crippen molar-refractivity contribution in [2.75, 3.05) is 18.5 Å². The van der Waals surface area contributed by atoms with Gasteiger partial charge in [0.05, 0.1) is 0 Å². The zero-order valence-corrected chi connectivity index (χ0v) is 13.7. The highest BCUT2D eigenvalue weighted by molar-refractivity contribution is 9.10. The minimum absolute atomic E-state index is 0.678. The molecule has 0 aromatic heterocycles. The van der Waals surface area contributed by atoms with E-state index in [2.05, 4.69) is 77.3 Å². The molecule has 0 aliphatic heterocycles. The van der Waals surface area contributed by atoms with Crippen molar-refractivity contribution in [3.63, 3.8) is 0 Å². The Labute approximate surface area is 129 Å². The van der Waals surface area contributed by atoms with Gasteiger partial charge in [-0.2, -0.15) is 0 Å². The number of hydrogen-bond acceptors (Lipinski definition) is 2. The fourth-order valence-electron chi connectivity index (χ4n) is 2.27. The van der Waals surface area contributed by atoms with Gasteiger partial charge in [0, 0.05) is 23.8 Å². The minimum atomic E-state index is 0.678. The Morgan fingerprint density at radius 2 is 1.85 bits per heavy atom. The van der Waals surface area contributed by atoms with Gasteiger partial charge in [0.1, 0.15) is 0 Å². The third kappa shape index (κ3) is 3.62. The molecule has 20 heavy (non-hydrogen) atoms. The number of anilines is 1. The van der Waals surface area contributed by atoms with Gasteiger partial charge in [0.15, 0.2) is 0 Å². The van der Waals surface area contributed by atoms with Gasteiger partial charge in [-0.15, -0.1) is 0 Å². The quantitative estimate of drug-likeness (QED) is 0.899. The number of nitrogens with two attached hydrogens (primary N) is 1. The smallest absolute Gasteiger partial charge is 0.0428 e. The van der Waals surface area contributed by atoms with Crippen LogP contribution in [0.3, 0.4) is 0 Å². The Kier molecular flexibility index (Phi) is 5.21. The van der Waals surface area contributed by atoms with Gasteiger partial charge in [-0.25, -0.2) is 0 Å². The van der Waals surface area contributed by atoms with Crippen LogP contribution < -0.4 is 10.6 Å². The summed E-state index contributed by atoms with van der Waals surface area (Å²) in [6.45, 7) is 3.75. The second-order valence-electron chi connectivity index (χ2n) is 5.10. The highest BCUT2D eigenvalue weighted by Gasteiger charge is 2.07. The lowest BCUT2D eigenvalue weighted by atomic mass is 10.1. The molecule has 2 nitrogen and oxygen atoms in total. The maximum absolute atomic E-state index is 5.61. The van der Waals surface area contributed by atoms with Crippen molar-refractivity contribution in [2.24, 2.45) is 5.73 Å². The number of aryl methyl sites for hydroxylation is 1. The predicted molar refractivity (Wildman–Crippen MR) is 90.2 cm³/mol. The van der Waals surface area contributed by atoms with Crippen LogP contribution in [0, 0.1) is 6.92 Å². The molecule has 0 bridgehead atoms. The lowest BCUT2D eigenvalue weighted by Crippen LogP contribution is -2.17. The van der Waals surface area contributed by atoms with E-state index < -0.39 is 0 Å². The maximum atomic E-state index is 5.61. The van der Waals surface area contributed by atoms with E-state index in [9.17, 15) is 0 Å². The molecule has 106 valence electrons. The van der Waals surface area contributed by atoms with Gasteiger partial charge >= 0.3 is 0 Å². The number of hydrogen-bond donors (Lipinski definition) is 1. The summed E-state index contributed by atoms with van der Waals surface area (Å²) >= 11 is 3.63. The molecule has 0 aliphatic carbocycles. The van der Waals surface area contributed by atoms with Crippen molar-refractivity contribution >= 4 is 21.6 Å². The summed E-state index contributed by atoms with van der Waals surface area (Å²) in [5, 5.41) is 0. The summed E-state index contributed by atoms with van der Waals surface area (Å²) in [5.41, 5.74) is 10.8. The molecule has 0 saturated carbocycles. The van der Waals surface area contributed by atoms with Crippen molar-refractivity contribution in [1.82, 2.24) is 0 Å². The van der Waals surface area contributed by atoms with Gasteiger partial charge in [-0.1, -0.05) is 46.3 Å². The SMILES string of the molecule is Cc1ccccc1CN(C)c1ccc(CCN)c(Br)c1. The number of nitrogens with zero attached hydrogens (tertiary/aromatic N) is 1. The second kappa shape index (κ2) is 6.91. The summed E-state index contributed by atoms with van der Waals surface area (Å²) in [4.78, 5) is 2.26. The van der Waals surface area contributed by atoms with Crippen LogP contribution in [0.2, 0.25) is 0 Å². The molecule has 0 spiro atoms. The molecule has 2 aromatic rings. The maximum Gasteiger partial charge on any atom is 0.0428 e. The third-order valence-electron chi connectivity index (χ3n) is 3.56. The summed E-state index contributed by atoms with van der Waals surface area (Å²) in [7, 11) is 2.12. The first kappa shape index (κ1) is 15.1. The summed E-state index contributed by atoms with van der Waals surface area (Å²) in [6, 6.07) is 15.0. The van der Waals surface area contributed by atoms with Gasteiger partial charge in [-0.05, 0) is 48.7 Å². The normalized spacial score (nSPS) is 10.6. The van der Waals surface area contributed by atoms with E-state index in [0.717, 1.165) is 17.4 Å². The highest BCUT2D eigenvalue weighted by Crippen LogP contribution is 2.25. The molecule has 0 heterocycles. The summed E-state index contributed by atoms with van der Waals surface area (Å²) in [6.07, 6.45) is 0.905. The van der Waals surface area contributed by atoms with Crippen LogP contribution >= 0.6 is 15.9 Å². The molecule has 0 atom stereocenters. The molecular weight excluding hydrogens is 312 g/mol. The molecule has 2 aromatic carbocycles. The lowest BCUT2D eigenvalue weighted by Gasteiger charge is -2.21. The molecule has 2 N–H and O–H groups in total. The molecule has 0 fully saturated rings. The molecule has 0 saturated heterocycles. The second-order valence-corrected chi connectivity index (χ2v) is 5.95. The largest absolute Gasteiger partial charge is 0.370 e. The average molecular weight is 333 g/mol. The van der Waals surface area contributed by atoms with E-state index in [4.69, 9.17) is 5.73 Å². The van der Waals surface area contributed by atoms with Crippen LogP contribution in [0.25, 0.3) is 0 Å². The Balaban J connectivity index is 2.15. The number of rotatable bonds is 5. The topological polar surface area (TPSA) is 29.3 Å². The van der Waals surface area contributed by atoms with E-state index >= 15 is 0 Å². The minimum Gasteiger partial charge on any atom is -0.370 e. The summed E-state index contributed by atoms with van der Waals surface area (Å²) < 4.78 is 1.14. The van der Waals surface area contributed by atoms with E-state index in [1.807, 2.05) is 0 Å². The Hall–Kier alpha value is -1.32. The van der Waals surface area contributed by atoms with Crippen molar-refractivity contribution in [2.45, 2.75) is 19.9 Å². The molecule has 3 heteroatoms. The predicted octanol–water partition coefficient (Wildman–Crippen LogP) is 3.90.